The molecule has 1 aliphatic heterocycles. The number of halogens is 2. The van der Waals surface area contributed by atoms with Crippen molar-refractivity contribution in [1.82, 2.24) is 0 Å². The summed E-state index contributed by atoms with van der Waals surface area (Å²) >= 11 is 0. The lowest BCUT2D eigenvalue weighted by Crippen LogP contribution is -2.59. The molecule has 15 heavy (non-hydrogen) atoms. The summed E-state index contributed by atoms with van der Waals surface area (Å²) < 4.78 is 32.4. The molecule has 0 aromatic carbocycles. The Morgan fingerprint density at radius 2 is 1.87 bits per heavy atom. The Morgan fingerprint density at radius 3 is 2.27 bits per heavy atom. The molecule has 0 amide bonds. The van der Waals surface area contributed by atoms with Crippen LogP contribution in [-0.4, -0.2) is 23.9 Å². The molecule has 4 heteroatoms. The number of ether oxygens (including phenoxy) is 1. The molecule has 1 fully saturated rings. The van der Waals surface area contributed by atoms with Crippen molar-refractivity contribution < 1.29 is 18.3 Å². The Kier molecular flexibility index (Phi) is 2.94. The molecule has 0 bridgehead atoms. The first kappa shape index (κ1) is 12.6. The molecule has 0 aromatic heterocycles. The smallest absolute Gasteiger partial charge is 0.283 e. The fourth-order valence-electron chi connectivity index (χ4n) is 1.86. The second-order valence-corrected chi connectivity index (χ2v) is 5.27. The van der Waals surface area contributed by atoms with E-state index >= 15 is 0 Å². The van der Waals surface area contributed by atoms with Crippen LogP contribution in [0.5, 0.6) is 0 Å². The predicted molar refractivity (Wildman–Crippen MR) is 53.0 cm³/mol. The maximum absolute atomic E-state index is 13.7. The van der Waals surface area contributed by atoms with Gasteiger partial charge in [0.15, 0.2) is 11.4 Å². The molecule has 0 aliphatic carbocycles. The first-order chi connectivity index (χ1) is 6.61. The SMILES string of the molecule is CC(C)(C)C(=O)C1(C)OCCCC1(F)F. The van der Waals surface area contributed by atoms with E-state index in [1.165, 1.54) is 6.92 Å². The highest BCUT2D eigenvalue weighted by atomic mass is 19.3. The van der Waals surface area contributed by atoms with E-state index in [1.807, 2.05) is 0 Å². The van der Waals surface area contributed by atoms with Gasteiger partial charge in [0, 0.05) is 18.4 Å². The third-order valence-corrected chi connectivity index (χ3v) is 2.84. The lowest BCUT2D eigenvalue weighted by atomic mass is 9.76. The Hall–Kier alpha value is -0.510. The van der Waals surface area contributed by atoms with Crippen LogP contribution in [0, 0.1) is 5.41 Å². The summed E-state index contributed by atoms with van der Waals surface area (Å²) in [5.74, 6) is -3.59. The van der Waals surface area contributed by atoms with Gasteiger partial charge in [-0.05, 0) is 13.3 Å². The number of ketones is 1. The minimum Gasteiger partial charge on any atom is -0.361 e. The molecule has 1 rings (SSSR count). The number of rotatable bonds is 1. The van der Waals surface area contributed by atoms with Crippen LogP contribution in [0.4, 0.5) is 8.78 Å². The van der Waals surface area contributed by atoms with Gasteiger partial charge in [-0.15, -0.1) is 0 Å². The summed E-state index contributed by atoms with van der Waals surface area (Å²) in [5.41, 5.74) is -2.76. The highest BCUT2D eigenvalue weighted by Gasteiger charge is 2.59. The summed E-state index contributed by atoms with van der Waals surface area (Å²) in [7, 11) is 0. The first-order valence-electron chi connectivity index (χ1n) is 5.18. The van der Waals surface area contributed by atoms with E-state index in [-0.39, 0.29) is 13.0 Å². The average Bonchev–Trinajstić information content (AvgIpc) is 2.07. The van der Waals surface area contributed by atoms with Gasteiger partial charge >= 0.3 is 0 Å². The summed E-state index contributed by atoms with van der Waals surface area (Å²) in [6.45, 7) is 6.34. The second kappa shape index (κ2) is 3.51. The van der Waals surface area contributed by atoms with Crippen molar-refractivity contribution in [1.29, 1.82) is 0 Å². The zero-order valence-corrected chi connectivity index (χ0v) is 9.69. The quantitative estimate of drug-likeness (QED) is 0.679. The van der Waals surface area contributed by atoms with Crippen molar-refractivity contribution in [2.75, 3.05) is 6.61 Å². The largest absolute Gasteiger partial charge is 0.361 e. The zero-order valence-electron chi connectivity index (χ0n) is 9.69. The molecule has 0 radical (unpaired) electrons. The van der Waals surface area contributed by atoms with Gasteiger partial charge in [-0.1, -0.05) is 20.8 Å². The molecule has 0 spiro atoms. The van der Waals surface area contributed by atoms with Crippen molar-refractivity contribution in [3.05, 3.63) is 0 Å². The van der Waals surface area contributed by atoms with Crippen molar-refractivity contribution in [3.8, 4) is 0 Å². The minimum atomic E-state index is -3.06. The van der Waals surface area contributed by atoms with Crippen LogP contribution >= 0.6 is 0 Å². The van der Waals surface area contributed by atoms with Gasteiger partial charge in [0.1, 0.15) is 0 Å². The van der Waals surface area contributed by atoms with Crippen LogP contribution in [0.2, 0.25) is 0 Å². The van der Waals surface area contributed by atoms with Crippen molar-refractivity contribution in [2.45, 2.75) is 52.1 Å². The summed E-state index contributed by atoms with van der Waals surface area (Å²) in [6.07, 6.45) is 0.0331. The third kappa shape index (κ3) is 2.05. The lowest BCUT2D eigenvalue weighted by molar-refractivity contribution is -0.229. The predicted octanol–water partition coefficient (Wildman–Crippen LogP) is 2.81. The van der Waals surface area contributed by atoms with E-state index in [2.05, 4.69) is 0 Å². The molecular formula is C11H18F2O2. The number of carbonyl (C=O) groups excluding carboxylic acids is 1. The summed E-state index contributed by atoms with van der Waals surface area (Å²) in [6, 6.07) is 0. The molecule has 0 saturated carbocycles. The van der Waals surface area contributed by atoms with Crippen molar-refractivity contribution >= 4 is 5.78 Å². The number of carbonyl (C=O) groups is 1. The van der Waals surface area contributed by atoms with Crippen molar-refractivity contribution in [3.63, 3.8) is 0 Å². The van der Waals surface area contributed by atoms with Crippen LogP contribution in [0.1, 0.15) is 40.5 Å². The zero-order chi connectivity index (χ0) is 11.9. The van der Waals surface area contributed by atoms with Gasteiger partial charge < -0.3 is 4.74 Å². The fourth-order valence-corrected chi connectivity index (χ4v) is 1.86. The molecule has 88 valence electrons. The minimum absolute atomic E-state index is 0.230. The Morgan fingerprint density at radius 1 is 1.33 bits per heavy atom. The van der Waals surface area contributed by atoms with E-state index in [4.69, 9.17) is 4.74 Å². The summed E-state index contributed by atoms with van der Waals surface area (Å²) in [4.78, 5) is 12.0. The Labute approximate surface area is 89.0 Å². The molecule has 1 atom stereocenters. The molecule has 1 aliphatic rings. The third-order valence-electron chi connectivity index (χ3n) is 2.84. The van der Waals surface area contributed by atoms with Crippen LogP contribution in [0.25, 0.3) is 0 Å². The van der Waals surface area contributed by atoms with Gasteiger partial charge in [-0.2, -0.15) is 0 Å². The second-order valence-electron chi connectivity index (χ2n) is 5.27. The van der Waals surface area contributed by atoms with Crippen LogP contribution in [0.3, 0.4) is 0 Å². The standard InChI is InChI=1S/C11H18F2O2/c1-9(2,3)8(14)10(4)11(12,13)6-5-7-15-10/h5-7H2,1-4H3. The van der Waals surface area contributed by atoms with Gasteiger partial charge in [0.2, 0.25) is 0 Å². The molecule has 0 aromatic rings. The maximum Gasteiger partial charge on any atom is 0.283 e. The number of hydrogen-bond donors (Lipinski definition) is 0. The van der Waals surface area contributed by atoms with E-state index in [0.29, 0.717) is 6.42 Å². The lowest BCUT2D eigenvalue weighted by Gasteiger charge is -2.42. The molecule has 2 nitrogen and oxygen atoms in total. The van der Waals surface area contributed by atoms with Crippen LogP contribution in [0.15, 0.2) is 0 Å². The summed E-state index contributed by atoms with van der Waals surface area (Å²) in [5, 5.41) is 0. The van der Waals surface area contributed by atoms with E-state index in [0.717, 1.165) is 0 Å². The number of alkyl halides is 2. The topological polar surface area (TPSA) is 26.3 Å². The Bertz CT molecular complexity index is 268. The molecule has 1 unspecified atom stereocenters. The van der Waals surface area contributed by atoms with Gasteiger partial charge in [0.05, 0.1) is 0 Å². The van der Waals surface area contributed by atoms with Gasteiger partial charge in [-0.25, -0.2) is 8.78 Å². The molecule has 1 saturated heterocycles. The van der Waals surface area contributed by atoms with E-state index in [1.54, 1.807) is 20.8 Å². The number of Topliss-reactive ketones (excluding diaryl/α,β-unsaturated/α-hetero) is 1. The molecule has 0 N–H and O–H groups in total. The monoisotopic (exact) mass is 220 g/mol. The van der Waals surface area contributed by atoms with Crippen LogP contribution in [-0.2, 0) is 9.53 Å². The van der Waals surface area contributed by atoms with E-state index in [9.17, 15) is 13.6 Å². The Balaban J connectivity index is 3.03. The first-order valence-corrected chi connectivity index (χ1v) is 5.18. The number of hydrogen-bond acceptors (Lipinski definition) is 2. The maximum atomic E-state index is 13.7. The fraction of sp³-hybridized carbons (Fsp3) is 0.909. The van der Waals surface area contributed by atoms with Gasteiger partial charge in [0.25, 0.3) is 5.92 Å². The highest BCUT2D eigenvalue weighted by Crippen LogP contribution is 2.43. The molecule has 1 heterocycles. The normalized spacial score (nSPS) is 31.3. The average molecular weight is 220 g/mol. The highest BCUT2D eigenvalue weighted by molar-refractivity contribution is 5.92. The van der Waals surface area contributed by atoms with E-state index < -0.39 is 22.7 Å². The van der Waals surface area contributed by atoms with Gasteiger partial charge in [-0.3, -0.25) is 4.79 Å². The van der Waals surface area contributed by atoms with Crippen LogP contribution < -0.4 is 0 Å². The van der Waals surface area contributed by atoms with Crippen molar-refractivity contribution in [2.24, 2.45) is 5.41 Å². The molecular weight excluding hydrogens is 202 g/mol.